The summed E-state index contributed by atoms with van der Waals surface area (Å²) < 4.78 is 0. The normalized spacial score (nSPS) is 28.4. The summed E-state index contributed by atoms with van der Waals surface area (Å²) >= 11 is 0. The second-order valence-corrected chi connectivity index (χ2v) is 5.80. The van der Waals surface area contributed by atoms with Crippen LogP contribution in [0.5, 0.6) is 0 Å². The molecule has 2 saturated heterocycles. The maximum absolute atomic E-state index is 12.7. The molecule has 5 nitrogen and oxygen atoms in total. The van der Waals surface area contributed by atoms with Gasteiger partial charge in [0.15, 0.2) is 0 Å². The molecule has 20 heavy (non-hydrogen) atoms. The Morgan fingerprint density at radius 2 is 1.90 bits per heavy atom. The number of piperidine rings is 2. The van der Waals surface area contributed by atoms with Crippen molar-refractivity contribution in [2.24, 2.45) is 5.92 Å². The number of nitro benzene ring substituents is 1. The average molecular weight is 274 g/mol. The highest BCUT2D eigenvalue weighted by molar-refractivity contribution is 5.98. The molecule has 4 rings (SSSR count). The number of nitro groups is 1. The molecule has 1 aromatic carbocycles. The highest BCUT2D eigenvalue weighted by Crippen LogP contribution is 2.40. The van der Waals surface area contributed by atoms with Gasteiger partial charge in [0.2, 0.25) is 0 Å². The first-order chi connectivity index (χ1) is 9.59. The van der Waals surface area contributed by atoms with Gasteiger partial charge in [-0.3, -0.25) is 14.9 Å². The second-order valence-electron chi connectivity index (χ2n) is 5.80. The van der Waals surface area contributed by atoms with Crippen LogP contribution in [0, 0.1) is 16.0 Å². The van der Waals surface area contributed by atoms with E-state index in [9.17, 15) is 14.9 Å². The topological polar surface area (TPSA) is 63.5 Å². The summed E-state index contributed by atoms with van der Waals surface area (Å²) in [5.74, 6) is 0.367. The number of para-hydroxylation sites is 1. The van der Waals surface area contributed by atoms with Gasteiger partial charge in [-0.2, -0.15) is 0 Å². The molecule has 0 aromatic heterocycles. The van der Waals surface area contributed by atoms with Crippen molar-refractivity contribution in [3.63, 3.8) is 0 Å². The number of fused-ring (bicyclic) bond motifs is 3. The Morgan fingerprint density at radius 1 is 1.25 bits per heavy atom. The zero-order valence-electron chi connectivity index (χ0n) is 11.5. The lowest BCUT2D eigenvalue weighted by molar-refractivity contribution is -0.385. The van der Waals surface area contributed by atoms with Crippen LogP contribution in [-0.2, 0) is 0 Å². The van der Waals surface area contributed by atoms with E-state index in [0.29, 0.717) is 5.92 Å². The van der Waals surface area contributed by atoms with E-state index in [4.69, 9.17) is 0 Å². The molecule has 2 bridgehead atoms. The monoisotopic (exact) mass is 274 g/mol. The van der Waals surface area contributed by atoms with E-state index in [-0.39, 0.29) is 29.2 Å². The van der Waals surface area contributed by atoms with Crippen LogP contribution in [-0.4, -0.2) is 27.8 Å². The van der Waals surface area contributed by atoms with Crippen LogP contribution in [0.4, 0.5) is 5.69 Å². The fraction of sp³-hybridized carbons (Fsp3) is 0.533. The van der Waals surface area contributed by atoms with Crippen molar-refractivity contribution < 1.29 is 9.72 Å². The number of carbonyl (C=O) groups excluding carboxylic acids is 1. The molecular weight excluding hydrogens is 256 g/mol. The van der Waals surface area contributed by atoms with Gasteiger partial charge >= 0.3 is 0 Å². The third-order valence-electron chi connectivity index (χ3n) is 4.82. The van der Waals surface area contributed by atoms with Gasteiger partial charge in [0.1, 0.15) is 5.56 Å². The molecule has 1 unspecified atom stereocenters. The maximum atomic E-state index is 12.7. The fourth-order valence-corrected chi connectivity index (χ4v) is 3.73. The minimum Gasteiger partial charge on any atom is -0.332 e. The van der Waals surface area contributed by atoms with Crippen molar-refractivity contribution in [3.05, 3.63) is 39.9 Å². The zero-order valence-corrected chi connectivity index (χ0v) is 11.5. The molecule has 1 aromatic rings. The highest BCUT2D eigenvalue weighted by Gasteiger charge is 2.42. The number of amides is 1. The van der Waals surface area contributed by atoms with Crippen LogP contribution in [0.3, 0.4) is 0 Å². The molecule has 1 amide bonds. The van der Waals surface area contributed by atoms with Gasteiger partial charge in [0.05, 0.1) is 4.92 Å². The van der Waals surface area contributed by atoms with Crippen LogP contribution in [0.1, 0.15) is 43.0 Å². The van der Waals surface area contributed by atoms with E-state index < -0.39 is 4.92 Å². The lowest BCUT2D eigenvalue weighted by atomic mass is 9.75. The second kappa shape index (κ2) is 4.89. The number of rotatable bonds is 2. The van der Waals surface area contributed by atoms with Crippen LogP contribution in [0.2, 0.25) is 0 Å². The standard InChI is InChI=1S/C15H18N2O3/c1-10-11-6-8-12(9-7-11)16(10)15(18)13-4-2-3-5-14(13)17(19)20/h2-5,10-12H,6-9H2,1H3. The van der Waals surface area contributed by atoms with Gasteiger partial charge in [0.25, 0.3) is 11.6 Å². The van der Waals surface area contributed by atoms with Crippen molar-refractivity contribution in [3.8, 4) is 0 Å². The van der Waals surface area contributed by atoms with Crippen molar-refractivity contribution in [1.82, 2.24) is 4.90 Å². The van der Waals surface area contributed by atoms with Gasteiger partial charge in [-0.25, -0.2) is 0 Å². The third-order valence-corrected chi connectivity index (χ3v) is 4.82. The Labute approximate surface area is 117 Å². The van der Waals surface area contributed by atoms with Gasteiger partial charge in [0, 0.05) is 18.2 Å². The van der Waals surface area contributed by atoms with Crippen molar-refractivity contribution in [2.75, 3.05) is 0 Å². The van der Waals surface area contributed by atoms with E-state index in [1.165, 1.54) is 18.9 Å². The lowest BCUT2D eigenvalue weighted by Crippen LogP contribution is -2.56. The summed E-state index contributed by atoms with van der Waals surface area (Å²) in [5, 5.41) is 11.1. The summed E-state index contributed by atoms with van der Waals surface area (Å²) in [6.07, 6.45) is 4.40. The SMILES string of the molecule is CC1C2CCC(CC2)N1C(=O)c1ccccc1[N+](=O)[O-]. The molecule has 1 atom stereocenters. The predicted octanol–water partition coefficient (Wildman–Crippen LogP) is 3.00. The first kappa shape index (κ1) is 13.1. The molecular formula is C15H18N2O3. The minimum atomic E-state index is -0.472. The van der Waals surface area contributed by atoms with Gasteiger partial charge in [-0.1, -0.05) is 12.1 Å². The van der Waals surface area contributed by atoms with Crippen molar-refractivity contribution in [1.29, 1.82) is 0 Å². The average Bonchev–Trinajstić information content (AvgIpc) is 2.47. The number of benzene rings is 1. The zero-order chi connectivity index (χ0) is 14.3. The van der Waals surface area contributed by atoms with Gasteiger partial charge in [-0.05, 0) is 44.6 Å². The maximum Gasteiger partial charge on any atom is 0.282 e. The Kier molecular flexibility index (Phi) is 3.20. The quantitative estimate of drug-likeness (QED) is 0.615. The molecule has 0 N–H and O–H groups in total. The largest absolute Gasteiger partial charge is 0.332 e. The Bertz CT molecular complexity index is 548. The molecule has 106 valence electrons. The van der Waals surface area contributed by atoms with E-state index in [2.05, 4.69) is 6.92 Å². The Hall–Kier alpha value is -1.91. The van der Waals surface area contributed by atoms with Crippen LogP contribution >= 0.6 is 0 Å². The molecule has 0 radical (unpaired) electrons. The smallest absolute Gasteiger partial charge is 0.282 e. The van der Waals surface area contributed by atoms with Crippen molar-refractivity contribution >= 4 is 11.6 Å². The van der Waals surface area contributed by atoms with E-state index in [1.54, 1.807) is 18.2 Å². The van der Waals surface area contributed by atoms with E-state index in [0.717, 1.165) is 12.8 Å². The lowest BCUT2D eigenvalue weighted by Gasteiger charge is -2.50. The number of nitrogens with zero attached hydrogens (tertiary/aromatic N) is 2. The number of hydrogen-bond donors (Lipinski definition) is 0. The first-order valence-electron chi connectivity index (χ1n) is 7.15. The molecule has 1 aliphatic carbocycles. The Morgan fingerprint density at radius 3 is 2.50 bits per heavy atom. The number of hydrogen-bond acceptors (Lipinski definition) is 3. The molecule has 5 heteroatoms. The van der Waals surface area contributed by atoms with E-state index in [1.807, 2.05) is 4.90 Å². The molecule has 1 saturated carbocycles. The summed E-state index contributed by atoms with van der Waals surface area (Å²) in [6, 6.07) is 6.70. The third kappa shape index (κ3) is 1.97. The van der Waals surface area contributed by atoms with Crippen LogP contribution in [0.15, 0.2) is 24.3 Å². The van der Waals surface area contributed by atoms with E-state index >= 15 is 0 Å². The molecule has 3 aliphatic rings. The highest BCUT2D eigenvalue weighted by atomic mass is 16.6. The molecule has 2 heterocycles. The summed E-state index contributed by atoms with van der Waals surface area (Å²) in [4.78, 5) is 25.2. The van der Waals surface area contributed by atoms with Crippen molar-refractivity contribution in [2.45, 2.75) is 44.7 Å². The molecule has 3 fully saturated rings. The molecule has 0 spiro atoms. The van der Waals surface area contributed by atoms with Gasteiger partial charge < -0.3 is 4.90 Å². The number of carbonyl (C=O) groups is 1. The molecule has 2 aliphatic heterocycles. The first-order valence-corrected chi connectivity index (χ1v) is 7.15. The summed E-state index contributed by atoms with van der Waals surface area (Å²) in [5.41, 5.74) is 0.128. The Balaban J connectivity index is 1.95. The predicted molar refractivity (Wildman–Crippen MR) is 74.5 cm³/mol. The minimum absolute atomic E-state index is 0.0915. The summed E-state index contributed by atoms with van der Waals surface area (Å²) in [7, 11) is 0. The van der Waals surface area contributed by atoms with Crippen LogP contribution in [0.25, 0.3) is 0 Å². The fourth-order valence-electron chi connectivity index (χ4n) is 3.73. The van der Waals surface area contributed by atoms with Crippen LogP contribution < -0.4 is 0 Å². The van der Waals surface area contributed by atoms with Gasteiger partial charge in [-0.15, -0.1) is 0 Å². The summed E-state index contributed by atoms with van der Waals surface area (Å²) in [6.45, 7) is 2.07.